The van der Waals surface area contributed by atoms with Gasteiger partial charge in [0.15, 0.2) is 0 Å². The van der Waals surface area contributed by atoms with E-state index in [1.165, 1.54) is 0 Å². The molecule has 4 nitrogen and oxygen atoms in total. The molecule has 0 aliphatic carbocycles. The van der Waals surface area contributed by atoms with Gasteiger partial charge in [-0.05, 0) is 25.3 Å². The number of hydrogen-bond acceptors (Lipinski definition) is 4. The van der Waals surface area contributed by atoms with E-state index in [0.29, 0.717) is 13.2 Å². The maximum Gasteiger partial charge on any atom is 0.252 e. The highest BCUT2D eigenvalue weighted by Crippen LogP contribution is 2.26. The van der Waals surface area contributed by atoms with E-state index in [4.69, 9.17) is 4.74 Å². The number of hydrogen-bond donors (Lipinski definition) is 0. The van der Waals surface area contributed by atoms with Gasteiger partial charge in [-0.2, -0.15) is 0 Å². The Bertz CT molecular complexity index is 594. The van der Waals surface area contributed by atoms with Crippen LogP contribution in [0.3, 0.4) is 0 Å². The lowest BCUT2D eigenvalue weighted by molar-refractivity contribution is -0.144. The molecule has 22 heavy (non-hydrogen) atoms. The van der Waals surface area contributed by atoms with Gasteiger partial charge in [-0.15, -0.1) is 11.3 Å². The van der Waals surface area contributed by atoms with E-state index >= 15 is 0 Å². The molecule has 1 aliphatic heterocycles. The second-order valence-corrected chi connectivity index (χ2v) is 6.46. The van der Waals surface area contributed by atoms with Crippen LogP contribution in [0.25, 0.3) is 0 Å². The number of rotatable bonds is 5. The minimum atomic E-state index is -0.300. The summed E-state index contributed by atoms with van der Waals surface area (Å²) in [4.78, 5) is 19.1. The van der Waals surface area contributed by atoms with Crippen LogP contribution >= 0.6 is 11.3 Å². The summed E-state index contributed by atoms with van der Waals surface area (Å²) in [5, 5.41) is 2.89. The SMILES string of the molecule is C[C@H](c1ccccc1)N(Cc1nccs1)C(=O)[C@@H]1CCCO1. The van der Waals surface area contributed by atoms with Crippen molar-refractivity contribution in [2.45, 2.75) is 38.5 Å². The fourth-order valence-electron chi connectivity index (χ4n) is 2.75. The van der Waals surface area contributed by atoms with Gasteiger partial charge in [0.05, 0.1) is 12.6 Å². The van der Waals surface area contributed by atoms with E-state index in [0.717, 1.165) is 23.4 Å². The summed E-state index contributed by atoms with van der Waals surface area (Å²) in [6, 6.07) is 10.1. The zero-order chi connectivity index (χ0) is 15.4. The van der Waals surface area contributed by atoms with Crippen LogP contribution in [0, 0.1) is 0 Å². The molecule has 116 valence electrons. The molecule has 1 aliphatic rings. The lowest BCUT2D eigenvalue weighted by atomic mass is 10.1. The topological polar surface area (TPSA) is 42.4 Å². The number of benzene rings is 1. The summed E-state index contributed by atoms with van der Waals surface area (Å²) < 4.78 is 5.59. The first-order valence-electron chi connectivity index (χ1n) is 7.61. The number of nitrogens with zero attached hydrogens (tertiary/aromatic N) is 2. The summed E-state index contributed by atoms with van der Waals surface area (Å²) in [6.45, 7) is 3.28. The van der Waals surface area contributed by atoms with E-state index in [2.05, 4.69) is 24.0 Å². The van der Waals surface area contributed by atoms with Crippen molar-refractivity contribution in [3.8, 4) is 0 Å². The average Bonchev–Trinajstić information content (AvgIpc) is 3.25. The third kappa shape index (κ3) is 3.36. The van der Waals surface area contributed by atoms with Crippen molar-refractivity contribution in [1.29, 1.82) is 0 Å². The van der Waals surface area contributed by atoms with Gasteiger partial charge in [-0.3, -0.25) is 4.79 Å². The van der Waals surface area contributed by atoms with Gasteiger partial charge in [-0.1, -0.05) is 30.3 Å². The number of ether oxygens (including phenoxy) is 1. The Morgan fingerprint density at radius 3 is 2.91 bits per heavy atom. The van der Waals surface area contributed by atoms with Crippen LogP contribution in [0.5, 0.6) is 0 Å². The van der Waals surface area contributed by atoms with E-state index in [1.54, 1.807) is 17.5 Å². The van der Waals surface area contributed by atoms with Crippen molar-refractivity contribution in [2.75, 3.05) is 6.61 Å². The quantitative estimate of drug-likeness (QED) is 0.849. The first-order valence-corrected chi connectivity index (χ1v) is 8.49. The molecule has 0 bridgehead atoms. The van der Waals surface area contributed by atoms with E-state index in [-0.39, 0.29) is 18.1 Å². The van der Waals surface area contributed by atoms with E-state index < -0.39 is 0 Å². The van der Waals surface area contributed by atoms with Gasteiger partial charge in [0.25, 0.3) is 5.91 Å². The molecule has 0 saturated carbocycles. The van der Waals surface area contributed by atoms with Crippen molar-refractivity contribution in [3.63, 3.8) is 0 Å². The maximum atomic E-state index is 12.9. The largest absolute Gasteiger partial charge is 0.368 e. The molecule has 1 aromatic heterocycles. The maximum absolute atomic E-state index is 12.9. The lowest BCUT2D eigenvalue weighted by Gasteiger charge is -2.31. The summed E-state index contributed by atoms with van der Waals surface area (Å²) in [5.74, 6) is 0.0732. The molecule has 1 saturated heterocycles. The van der Waals surface area contributed by atoms with Crippen molar-refractivity contribution in [2.24, 2.45) is 0 Å². The van der Waals surface area contributed by atoms with Gasteiger partial charge in [-0.25, -0.2) is 4.98 Å². The summed E-state index contributed by atoms with van der Waals surface area (Å²) in [6.07, 6.45) is 3.25. The van der Waals surface area contributed by atoms with Gasteiger partial charge in [0, 0.05) is 18.2 Å². The van der Waals surface area contributed by atoms with Gasteiger partial charge < -0.3 is 9.64 Å². The van der Waals surface area contributed by atoms with Crippen molar-refractivity contribution < 1.29 is 9.53 Å². The number of amides is 1. The van der Waals surface area contributed by atoms with Crippen molar-refractivity contribution in [3.05, 3.63) is 52.5 Å². The van der Waals surface area contributed by atoms with Crippen LogP contribution in [0.15, 0.2) is 41.9 Å². The highest BCUT2D eigenvalue weighted by atomic mass is 32.1. The molecule has 2 atom stereocenters. The summed E-state index contributed by atoms with van der Waals surface area (Å²) >= 11 is 1.58. The molecule has 3 rings (SSSR count). The first-order chi connectivity index (χ1) is 10.8. The van der Waals surface area contributed by atoms with Crippen LogP contribution in [0.1, 0.15) is 36.4 Å². The van der Waals surface area contributed by atoms with Crippen LogP contribution in [0.4, 0.5) is 0 Å². The molecule has 0 spiro atoms. The smallest absolute Gasteiger partial charge is 0.252 e. The van der Waals surface area contributed by atoms with E-state index in [9.17, 15) is 4.79 Å². The Morgan fingerprint density at radius 1 is 1.45 bits per heavy atom. The molecule has 1 aromatic carbocycles. The molecule has 0 N–H and O–H groups in total. The molecule has 0 unspecified atom stereocenters. The van der Waals surface area contributed by atoms with Gasteiger partial charge >= 0.3 is 0 Å². The fourth-order valence-corrected chi connectivity index (χ4v) is 3.37. The average molecular weight is 316 g/mol. The first kappa shape index (κ1) is 15.2. The Labute approximate surface area is 134 Å². The van der Waals surface area contributed by atoms with E-state index in [1.807, 2.05) is 28.5 Å². The monoisotopic (exact) mass is 316 g/mol. The number of thiazole rings is 1. The molecule has 1 amide bonds. The second kappa shape index (κ2) is 7.03. The number of carbonyl (C=O) groups excluding carboxylic acids is 1. The second-order valence-electron chi connectivity index (χ2n) is 5.48. The highest BCUT2D eigenvalue weighted by Gasteiger charge is 2.31. The Hall–Kier alpha value is -1.72. The van der Waals surface area contributed by atoms with Crippen LogP contribution in [0.2, 0.25) is 0 Å². The normalized spacial score (nSPS) is 19.0. The zero-order valence-electron chi connectivity index (χ0n) is 12.6. The molecular weight excluding hydrogens is 296 g/mol. The van der Waals surface area contributed by atoms with Crippen molar-refractivity contribution in [1.82, 2.24) is 9.88 Å². The Balaban J connectivity index is 1.83. The van der Waals surface area contributed by atoms with Crippen LogP contribution in [-0.2, 0) is 16.1 Å². The minimum absolute atomic E-state index is 0.00167. The molecule has 5 heteroatoms. The predicted octanol–water partition coefficient (Wildman–Crippen LogP) is 3.41. The number of aromatic nitrogens is 1. The third-order valence-electron chi connectivity index (χ3n) is 4.03. The van der Waals surface area contributed by atoms with Crippen LogP contribution < -0.4 is 0 Å². The molecular formula is C17H20N2O2S. The third-order valence-corrected chi connectivity index (χ3v) is 4.79. The zero-order valence-corrected chi connectivity index (χ0v) is 13.5. The molecule has 1 fully saturated rings. The van der Waals surface area contributed by atoms with Gasteiger partial charge in [0.2, 0.25) is 0 Å². The van der Waals surface area contributed by atoms with Crippen LogP contribution in [-0.4, -0.2) is 28.5 Å². The predicted molar refractivity (Wildman–Crippen MR) is 86.5 cm³/mol. The minimum Gasteiger partial charge on any atom is -0.368 e. The number of carbonyl (C=O) groups is 1. The highest BCUT2D eigenvalue weighted by molar-refractivity contribution is 7.09. The van der Waals surface area contributed by atoms with Crippen molar-refractivity contribution >= 4 is 17.2 Å². The molecule has 0 radical (unpaired) electrons. The summed E-state index contributed by atoms with van der Waals surface area (Å²) in [7, 11) is 0. The Morgan fingerprint density at radius 2 is 2.27 bits per heavy atom. The fraction of sp³-hybridized carbons (Fsp3) is 0.412. The molecule has 2 heterocycles. The molecule has 2 aromatic rings. The summed E-state index contributed by atoms with van der Waals surface area (Å²) in [5.41, 5.74) is 1.13. The Kier molecular flexibility index (Phi) is 4.85. The standard InChI is InChI=1S/C17H20N2O2S/c1-13(14-6-3-2-4-7-14)19(12-16-18-9-11-22-16)17(20)15-8-5-10-21-15/h2-4,6-7,9,11,13,15H,5,8,10,12H2,1H3/t13-,15+/m1/s1. The van der Waals surface area contributed by atoms with Gasteiger partial charge in [0.1, 0.15) is 11.1 Å². The lowest BCUT2D eigenvalue weighted by Crippen LogP contribution is -2.40.